The van der Waals surface area contributed by atoms with Crippen molar-refractivity contribution in [2.45, 2.75) is 12.8 Å². The standard InChI is InChI=1S/C21H22Cl2N2O3/c22-17-13-16(14-18(23)15-17)21(27)25-10-8-24(9-11-25)20(26)7-4-12-28-19-5-2-1-3-6-19/h1-3,5-6,13-15H,4,7-12H2. The van der Waals surface area contributed by atoms with Gasteiger partial charge < -0.3 is 14.5 Å². The summed E-state index contributed by atoms with van der Waals surface area (Å²) in [5.41, 5.74) is 0.468. The third-order valence-electron chi connectivity index (χ3n) is 4.58. The number of ether oxygens (including phenoxy) is 1. The van der Waals surface area contributed by atoms with E-state index in [0.29, 0.717) is 61.2 Å². The summed E-state index contributed by atoms with van der Waals surface area (Å²) in [5, 5.41) is 0.866. The molecule has 148 valence electrons. The van der Waals surface area contributed by atoms with Crippen LogP contribution in [0.4, 0.5) is 0 Å². The lowest BCUT2D eigenvalue weighted by Gasteiger charge is -2.35. The maximum absolute atomic E-state index is 12.6. The van der Waals surface area contributed by atoms with Crippen LogP contribution in [-0.4, -0.2) is 54.4 Å². The average molecular weight is 421 g/mol. The molecule has 1 fully saturated rings. The molecule has 1 saturated heterocycles. The highest BCUT2D eigenvalue weighted by Gasteiger charge is 2.25. The van der Waals surface area contributed by atoms with Gasteiger partial charge in [-0.05, 0) is 36.8 Å². The highest BCUT2D eigenvalue weighted by atomic mass is 35.5. The van der Waals surface area contributed by atoms with Gasteiger partial charge in [0, 0.05) is 48.2 Å². The monoisotopic (exact) mass is 420 g/mol. The lowest BCUT2D eigenvalue weighted by Crippen LogP contribution is -2.50. The lowest BCUT2D eigenvalue weighted by molar-refractivity contribution is -0.132. The normalized spacial score (nSPS) is 14.1. The van der Waals surface area contributed by atoms with Crippen LogP contribution < -0.4 is 4.74 Å². The van der Waals surface area contributed by atoms with Crippen molar-refractivity contribution in [2.75, 3.05) is 32.8 Å². The zero-order valence-corrected chi connectivity index (χ0v) is 17.0. The van der Waals surface area contributed by atoms with Gasteiger partial charge in [0.1, 0.15) is 5.75 Å². The fourth-order valence-corrected chi connectivity index (χ4v) is 3.63. The molecule has 1 aliphatic heterocycles. The number of hydrogen-bond donors (Lipinski definition) is 0. The van der Waals surface area contributed by atoms with Crippen molar-refractivity contribution in [3.8, 4) is 5.75 Å². The predicted molar refractivity (Wildman–Crippen MR) is 110 cm³/mol. The number of hydrogen-bond acceptors (Lipinski definition) is 3. The number of benzene rings is 2. The van der Waals surface area contributed by atoms with Gasteiger partial charge in [0.05, 0.1) is 6.61 Å². The third-order valence-corrected chi connectivity index (χ3v) is 5.01. The Morgan fingerprint density at radius 3 is 2.14 bits per heavy atom. The van der Waals surface area contributed by atoms with Crippen molar-refractivity contribution in [1.29, 1.82) is 0 Å². The van der Waals surface area contributed by atoms with E-state index in [9.17, 15) is 9.59 Å². The molecular weight excluding hydrogens is 399 g/mol. The van der Waals surface area contributed by atoms with E-state index in [1.807, 2.05) is 30.3 Å². The molecule has 0 aromatic heterocycles. The smallest absolute Gasteiger partial charge is 0.254 e. The van der Waals surface area contributed by atoms with Gasteiger partial charge in [0.25, 0.3) is 5.91 Å². The molecule has 7 heteroatoms. The first kappa shape index (κ1) is 20.5. The third kappa shape index (κ3) is 5.63. The first-order valence-electron chi connectivity index (χ1n) is 9.24. The molecule has 28 heavy (non-hydrogen) atoms. The highest BCUT2D eigenvalue weighted by Crippen LogP contribution is 2.21. The second-order valence-corrected chi connectivity index (χ2v) is 7.47. The summed E-state index contributed by atoms with van der Waals surface area (Å²) < 4.78 is 5.62. The Morgan fingerprint density at radius 1 is 0.893 bits per heavy atom. The van der Waals surface area contributed by atoms with Gasteiger partial charge in [-0.15, -0.1) is 0 Å². The number of halogens is 2. The van der Waals surface area contributed by atoms with Crippen LogP contribution in [0, 0.1) is 0 Å². The van der Waals surface area contributed by atoms with E-state index >= 15 is 0 Å². The first-order chi connectivity index (χ1) is 13.5. The molecule has 2 aromatic rings. The number of carbonyl (C=O) groups is 2. The average Bonchev–Trinajstić information content (AvgIpc) is 2.70. The van der Waals surface area contributed by atoms with Crippen LogP contribution in [-0.2, 0) is 4.79 Å². The van der Waals surface area contributed by atoms with E-state index < -0.39 is 0 Å². The molecule has 0 saturated carbocycles. The molecule has 0 atom stereocenters. The van der Waals surface area contributed by atoms with Crippen molar-refractivity contribution in [2.24, 2.45) is 0 Å². The topological polar surface area (TPSA) is 49.9 Å². The van der Waals surface area contributed by atoms with E-state index in [1.165, 1.54) is 0 Å². The van der Waals surface area contributed by atoms with Gasteiger partial charge in [-0.2, -0.15) is 0 Å². The van der Waals surface area contributed by atoms with Crippen molar-refractivity contribution >= 4 is 35.0 Å². The highest BCUT2D eigenvalue weighted by molar-refractivity contribution is 6.35. The number of amides is 2. The van der Waals surface area contributed by atoms with Crippen LogP contribution in [0.2, 0.25) is 10.0 Å². The summed E-state index contributed by atoms with van der Waals surface area (Å²) in [6, 6.07) is 14.4. The Balaban J connectivity index is 1.41. The Bertz CT molecular complexity index is 801. The summed E-state index contributed by atoms with van der Waals surface area (Å²) >= 11 is 12.0. The molecule has 0 spiro atoms. The van der Waals surface area contributed by atoms with Gasteiger partial charge in [-0.1, -0.05) is 41.4 Å². The number of para-hydroxylation sites is 1. The quantitative estimate of drug-likeness (QED) is 0.659. The first-order valence-corrected chi connectivity index (χ1v) is 9.99. The van der Waals surface area contributed by atoms with Crippen molar-refractivity contribution in [3.63, 3.8) is 0 Å². The lowest BCUT2D eigenvalue weighted by atomic mass is 10.1. The van der Waals surface area contributed by atoms with Gasteiger partial charge in [-0.25, -0.2) is 0 Å². The molecule has 1 aliphatic rings. The van der Waals surface area contributed by atoms with E-state index in [4.69, 9.17) is 27.9 Å². The number of nitrogens with zero attached hydrogens (tertiary/aromatic N) is 2. The van der Waals surface area contributed by atoms with Crippen LogP contribution in [0.15, 0.2) is 48.5 Å². The molecule has 0 aliphatic carbocycles. The molecule has 5 nitrogen and oxygen atoms in total. The Labute approximate surface area is 174 Å². The van der Waals surface area contributed by atoms with E-state index in [2.05, 4.69) is 0 Å². The summed E-state index contributed by atoms with van der Waals surface area (Å²) in [6.07, 6.45) is 1.10. The summed E-state index contributed by atoms with van der Waals surface area (Å²) in [4.78, 5) is 28.5. The second-order valence-electron chi connectivity index (χ2n) is 6.60. The van der Waals surface area contributed by atoms with Crippen LogP contribution >= 0.6 is 23.2 Å². The summed E-state index contributed by atoms with van der Waals surface area (Å²) in [6.45, 7) is 2.55. The molecule has 0 radical (unpaired) electrons. The number of piperazine rings is 1. The van der Waals surface area contributed by atoms with Gasteiger partial charge in [0.2, 0.25) is 5.91 Å². The zero-order valence-electron chi connectivity index (χ0n) is 15.4. The van der Waals surface area contributed by atoms with Crippen LogP contribution in [0.25, 0.3) is 0 Å². The molecule has 1 heterocycles. The minimum absolute atomic E-state index is 0.0922. The molecule has 2 amide bonds. The Kier molecular flexibility index (Phi) is 7.18. The molecule has 0 unspecified atom stereocenters. The van der Waals surface area contributed by atoms with Crippen LogP contribution in [0.3, 0.4) is 0 Å². The van der Waals surface area contributed by atoms with Crippen molar-refractivity contribution < 1.29 is 14.3 Å². The van der Waals surface area contributed by atoms with Crippen molar-refractivity contribution in [1.82, 2.24) is 9.80 Å². The molecule has 2 aromatic carbocycles. The van der Waals surface area contributed by atoms with Crippen molar-refractivity contribution in [3.05, 3.63) is 64.1 Å². The SMILES string of the molecule is O=C(CCCOc1ccccc1)N1CCN(C(=O)c2cc(Cl)cc(Cl)c2)CC1. The van der Waals surface area contributed by atoms with E-state index in [1.54, 1.807) is 28.0 Å². The minimum Gasteiger partial charge on any atom is -0.494 e. The Hall–Kier alpha value is -2.24. The number of rotatable bonds is 6. The zero-order chi connectivity index (χ0) is 19.9. The maximum atomic E-state index is 12.6. The van der Waals surface area contributed by atoms with Crippen LogP contribution in [0.1, 0.15) is 23.2 Å². The minimum atomic E-state index is -0.118. The number of carbonyl (C=O) groups excluding carboxylic acids is 2. The van der Waals surface area contributed by atoms with Gasteiger partial charge in [-0.3, -0.25) is 9.59 Å². The summed E-state index contributed by atoms with van der Waals surface area (Å²) in [5.74, 6) is 0.783. The Morgan fingerprint density at radius 2 is 1.50 bits per heavy atom. The fraction of sp³-hybridized carbons (Fsp3) is 0.333. The molecular formula is C21H22Cl2N2O3. The van der Waals surface area contributed by atoms with Gasteiger partial charge >= 0.3 is 0 Å². The molecule has 3 rings (SSSR count). The molecule has 0 N–H and O–H groups in total. The summed E-state index contributed by atoms with van der Waals surface area (Å²) in [7, 11) is 0. The molecule has 0 bridgehead atoms. The van der Waals surface area contributed by atoms with E-state index in [-0.39, 0.29) is 11.8 Å². The van der Waals surface area contributed by atoms with Crippen LogP contribution in [0.5, 0.6) is 5.75 Å². The fourth-order valence-electron chi connectivity index (χ4n) is 3.11. The largest absolute Gasteiger partial charge is 0.494 e. The maximum Gasteiger partial charge on any atom is 0.254 e. The van der Waals surface area contributed by atoms with Gasteiger partial charge in [0.15, 0.2) is 0 Å². The second kappa shape index (κ2) is 9.80. The predicted octanol–water partition coefficient (Wildman–Crippen LogP) is 4.14. The van der Waals surface area contributed by atoms with E-state index in [0.717, 1.165) is 5.75 Å².